The lowest BCUT2D eigenvalue weighted by Crippen LogP contribution is -1.79. The molecule has 0 aliphatic rings. The molecule has 3 aromatic rings. The highest BCUT2D eigenvalue weighted by atomic mass is 79.9. The van der Waals surface area contributed by atoms with Crippen LogP contribution in [0.1, 0.15) is 0 Å². The summed E-state index contributed by atoms with van der Waals surface area (Å²) in [5.41, 5.74) is 2.49. The van der Waals surface area contributed by atoms with Crippen molar-refractivity contribution < 1.29 is 0 Å². The molecule has 0 nitrogen and oxygen atoms in total. The Morgan fingerprint density at radius 2 is 1.65 bits per heavy atom. The van der Waals surface area contributed by atoms with Crippen molar-refractivity contribution in [3.8, 4) is 11.1 Å². The largest absolute Gasteiger partial charge is 0.0622 e. The second-order valence-electron chi connectivity index (χ2n) is 3.96. The van der Waals surface area contributed by atoms with Crippen molar-refractivity contribution in [1.29, 1.82) is 0 Å². The molecule has 0 aliphatic carbocycles. The summed E-state index contributed by atoms with van der Waals surface area (Å²) in [7, 11) is 0. The Balaban J connectivity index is 2.21. The van der Waals surface area contributed by atoms with Gasteiger partial charge >= 0.3 is 0 Å². The van der Waals surface area contributed by atoms with E-state index in [0.717, 1.165) is 4.47 Å². The zero-order valence-electron chi connectivity index (χ0n) is 9.15. The lowest BCUT2D eigenvalue weighted by molar-refractivity contribution is 1.63. The molecule has 0 spiro atoms. The van der Waals surface area contributed by atoms with Crippen molar-refractivity contribution in [1.82, 2.24) is 0 Å². The second-order valence-corrected chi connectivity index (χ2v) is 4.75. The van der Waals surface area contributed by atoms with E-state index in [-0.39, 0.29) is 0 Å². The van der Waals surface area contributed by atoms with Gasteiger partial charge in [-0.3, -0.25) is 0 Å². The summed E-state index contributed by atoms with van der Waals surface area (Å²) in [6.45, 7) is 0. The van der Waals surface area contributed by atoms with E-state index in [0.29, 0.717) is 0 Å². The van der Waals surface area contributed by atoms with Gasteiger partial charge in [0.1, 0.15) is 0 Å². The molecule has 0 atom stereocenters. The average molecular weight is 282 g/mol. The van der Waals surface area contributed by atoms with E-state index in [9.17, 15) is 0 Å². The minimum Gasteiger partial charge on any atom is -0.0622 e. The predicted molar refractivity (Wildman–Crippen MR) is 75.9 cm³/mol. The third-order valence-corrected chi connectivity index (χ3v) is 3.52. The van der Waals surface area contributed by atoms with Crippen LogP contribution in [0.15, 0.2) is 65.1 Å². The van der Waals surface area contributed by atoms with Crippen LogP contribution in [-0.2, 0) is 0 Å². The Morgan fingerprint density at radius 3 is 2.47 bits per heavy atom. The molecule has 0 fully saturated rings. The molecule has 0 heterocycles. The van der Waals surface area contributed by atoms with Crippen molar-refractivity contribution in [3.63, 3.8) is 0 Å². The summed E-state index contributed by atoms with van der Waals surface area (Å²) < 4.78 is 1.02. The molecule has 0 unspecified atom stereocenters. The molecular formula is C16H10Br. The average Bonchev–Trinajstić information content (AvgIpc) is 2.40. The van der Waals surface area contributed by atoms with Crippen LogP contribution in [0.4, 0.5) is 0 Å². The summed E-state index contributed by atoms with van der Waals surface area (Å²) in [4.78, 5) is 0. The van der Waals surface area contributed by atoms with Gasteiger partial charge in [0.25, 0.3) is 0 Å². The van der Waals surface area contributed by atoms with Gasteiger partial charge in [0.15, 0.2) is 0 Å². The highest BCUT2D eigenvalue weighted by Gasteiger charge is 2.01. The molecule has 0 amide bonds. The van der Waals surface area contributed by atoms with E-state index in [1.54, 1.807) is 0 Å². The van der Waals surface area contributed by atoms with Gasteiger partial charge in [-0.25, -0.2) is 0 Å². The smallest absolute Gasteiger partial charge is 0.0332 e. The molecule has 17 heavy (non-hydrogen) atoms. The monoisotopic (exact) mass is 281 g/mol. The van der Waals surface area contributed by atoms with Crippen LogP contribution in [0.5, 0.6) is 0 Å². The lowest BCUT2D eigenvalue weighted by atomic mass is 10.0. The molecule has 0 saturated heterocycles. The summed E-state index contributed by atoms with van der Waals surface area (Å²) in [5, 5.41) is 2.43. The van der Waals surface area contributed by atoms with Gasteiger partial charge in [0, 0.05) is 4.47 Å². The topological polar surface area (TPSA) is 0 Å². The fourth-order valence-corrected chi connectivity index (χ4v) is 2.49. The normalized spacial score (nSPS) is 10.6. The van der Waals surface area contributed by atoms with Crippen LogP contribution in [0.2, 0.25) is 0 Å². The maximum atomic E-state index is 3.52. The number of hydrogen-bond donors (Lipinski definition) is 0. The molecule has 3 aromatic carbocycles. The van der Waals surface area contributed by atoms with E-state index in [4.69, 9.17) is 0 Å². The van der Waals surface area contributed by atoms with Crippen LogP contribution in [0.3, 0.4) is 0 Å². The number of benzene rings is 3. The third kappa shape index (κ3) is 1.98. The van der Waals surface area contributed by atoms with Gasteiger partial charge in [0.05, 0.1) is 0 Å². The van der Waals surface area contributed by atoms with E-state index < -0.39 is 0 Å². The first-order chi connectivity index (χ1) is 8.34. The van der Waals surface area contributed by atoms with Crippen molar-refractivity contribution in [3.05, 3.63) is 71.2 Å². The minimum atomic E-state index is 1.02. The third-order valence-electron chi connectivity index (χ3n) is 2.87. The first-order valence-electron chi connectivity index (χ1n) is 5.50. The van der Waals surface area contributed by atoms with Crippen LogP contribution in [0, 0.1) is 6.07 Å². The quantitative estimate of drug-likeness (QED) is 0.584. The Labute approximate surface area is 109 Å². The van der Waals surface area contributed by atoms with Gasteiger partial charge < -0.3 is 0 Å². The molecule has 0 aromatic heterocycles. The molecule has 0 bridgehead atoms. The Hall–Kier alpha value is -1.60. The molecule has 0 aliphatic heterocycles. The zero-order chi connectivity index (χ0) is 11.7. The van der Waals surface area contributed by atoms with Crippen molar-refractivity contribution in [2.24, 2.45) is 0 Å². The number of rotatable bonds is 1. The van der Waals surface area contributed by atoms with Gasteiger partial charge in [-0.1, -0.05) is 54.6 Å². The van der Waals surface area contributed by atoms with Gasteiger partial charge in [-0.2, -0.15) is 0 Å². The van der Waals surface area contributed by atoms with Crippen LogP contribution >= 0.6 is 15.9 Å². The summed E-state index contributed by atoms with van der Waals surface area (Å²) >= 11 is 3.52. The Kier molecular flexibility index (Phi) is 2.69. The molecule has 1 radical (unpaired) electrons. The summed E-state index contributed by atoms with van der Waals surface area (Å²) in [6, 6.07) is 24.1. The van der Waals surface area contributed by atoms with Crippen LogP contribution in [-0.4, -0.2) is 0 Å². The molecule has 0 saturated carbocycles. The molecule has 81 valence electrons. The van der Waals surface area contributed by atoms with Gasteiger partial charge in [0.2, 0.25) is 0 Å². The van der Waals surface area contributed by atoms with E-state index >= 15 is 0 Å². The fraction of sp³-hybridized carbons (Fsp3) is 0. The van der Waals surface area contributed by atoms with Crippen molar-refractivity contribution >= 4 is 26.7 Å². The van der Waals surface area contributed by atoms with Gasteiger partial charge in [-0.05, 0) is 50.0 Å². The lowest BCUT2D eigenvalue weighted by Gasteiger charge is -2.05. The van der Waals surface area contributed by atoms with E-state index in [1.807, 2.05) is 12.1 Å². The second kappa shape index (κ2) is 4.34. The molecule has 3 rings (SSSR count). The Bertz CT molecular complexity index is 657. The summed E-state index contributed by atoms with van der Waals surface area (Å²) in [5.74, 6) is 0. The van der Waals surface area contributed by atoms with Crippen molar-refractivity contribution in [2.75, 3.05) is 0 Å². The van der Waals surface area contributed by atoms with Crippen LogP contribution < -0.4 is 0 Å². The van der Waals surface area contributed by atoms with E-state index in [1.165, 1.54) is 21.9 Å². The Morgan fingerprint density at radius 1 is 0.824 bits per heavy atom. The maximum absolute atomic E-state index is 3.52. The highest BCUT2D eigenvalue weighted by molar-refractivity contribution is 9.10. The van der Waals surface area contributed by atoms with Gasteiger partial charge in [-0.15, -0.1) is 0 Å². The van der Waals surface area contributed by atoms with Crippen molar-refractivity contribution in [2.45, 2.75) is 0 Å². The molecule has 0 N–H and O–H groups in total. The minimum absolute atomic E-state index is 1.02. The fourth-order valence-electron chi connectivity index (χ4n) is 1.99. The first kappa shape index (κ1) is 10.5. The van der Waals surface area contributed by atoms with Crippen LogP contribution in [0.25, 0.3) is 21.9 Å². The standard InChI is InChI=1S/C16H10Br/c17-16-8-4-7-14-11-13(9-10-15(14)16)12-5-2-1-3-6-12/h1-7,9-11H. The predicted octanol–water partition coefficient (Wildman–Crippen LogP) is 5.07. The number of hydrogen-bond acceptors (Lipinski definition) is 0. The summed E-state index contributed by atoms with van der Waals surface area (Å²) in [6.07, 6.45) is 0. The first-order valence-corrected chi connectivity index (χ1v) is 6.29. The molecule has 1 heteroatoms. The van der Waals surface area contributed by atoms with E-state index in [2.05, 4.69) is 70.5 Å². The SMILES string of the molecule is Brc1[c]ccc2cc(-c3ccccc3)ccc12. The number of halogens is 1. The highest BCUT2D eigenvalue weighted by Crippen LogP contribution is 2.28. The number of fused-ring (bicyclic) bond motifs is 1. The maximum Gasteiger partial charge on any atom is 0.0332 e. The molecular weight excluding hydrogens is 272 g/mol. The zero-order valence-corrected chi connectivity index (χ0v) is 10.7.